The summed E-state index contributed by atoms with van der Waals surface area (Å²) in [4.78, 5) is 11.5. The normalized spacial score (nSPS) is 14.3. The second kappa shape index (κ2) is 6.23. The van der Waals surface area contributed by atoms with E-state index in [1.54, 1.807) is 0 Å². The Labute approximate surface area is 127 Å². The molecule has 128 valence electrons. The predicted molar refractivity (Wildman–Crippen MR) is 67.1 cm³/mol. The van der Waals surface area contributed by atoms with Crippen LogP contribution in [0.3, 0.4) is 0 Å². The maximum atomic E-state index is 13.0. The fourth-order valence-corrected chi connectivity index (χ4v) is 1.69. The van der Waals surface area contributed by atoms with E-state index >= 15 is 0 Å². The van der Waals surface area contributed by atoms with Crippen molar-refractivity contribution < 1.29 is 41.0 Å². The lowest BCUT2D eigenvalue weighted by molar-refractivity contribution is -0.393. The fraction of sp³-hybridized carbons (Fsp3) is 0.357. The van der Waals surface area contributed by atoms with E-state index in [-0.39, 0.29) is 0 Å². The van der Waals surface area contributed by atoms with Crippen LogP contribution in [0, 0.1) is 0 Å². The van der Waals surface area contributed by atoms with Gasteiger partial charge < -0.3 is 9.84 Å². The highest BCUT2D eigenvalue weighted by Gasteiger charge is 2.75. The highest BCUT2D eigenvalue weighted by atomic mass is 19.4. The molecule has 1 unspecified atom stereocenters. The molecular formula is C14H12F6O3. The Hall–Kier alpha value is -2.03. The minimum atomic E-state index is -6.14. The highest BCUT2D eigenvalue weighted by Crippen LogP contribution is 2.51. The molecule has 0 aliphatic rings. The smallest absolute Gasteiger partial charge is 0.430 e. The first-order valence-electron chi connectivity index (χ1n) is 6.09. The number of carbonyl (C=O) groups excluding carboxylic acids is 1. The van der Waals surface area contributed by atoms with Crippen molar-refractivity contribution in [2.75, 3.05) is 0 Å². The van der Waals surface area contributed by atoms with Gasteiger partial charge in [0.2, 0.25) is 0 Å². The van der Waals surface area contributed by atoms with Crippen LogP contribution >= 0.6 is 0 Å². The van der Waals surface area contributed by atoms with E-state index in [2.05, 4.69) is 11.3 Å². The molecule has 0 aliphatic heterocycles. The average Bonchev–Trinajstić information content (AvgIpc) is 2.42. The number of carbonyl (C=O) groups is 1. The Kier molecular flexibility index (Phi) is 5.15. The number of benzene rings is 1. The van der Waals surface area contributed by atoms with Gasteiger partial charge in [0.15, 0.2) is 6.10 Å². The van der Waals surface area contributed by atoms with Gasteiger partial charge in [-0.05, 0) is 12.5 Å². The van der Waals surface area contributed by atoms with Crippen LogP contribution in [0.2, 0.25) is 0 Å². The van der Waals surface area contributed by atoms with Crippen LogP contribution < -0.4 is 0 Å². The molecule has 1 aromatic carbocycles. The van der Waals surface area contributed by atoms with Crippen molar-refractivity contribution in [3.63, 3.8) is 0 Å². The second-order valence-corrected chi connectivity index (χ2v) is 4.74. The molecule has 1 aromatic rings. The van der Waals surface area contributed by atoms with Crippen molar-refractivity contribution in [3.05, 3.63) is 48.0 Å². The molecule has 9 heteroatoms. The summed E-state index contributed by atoms with van der Waals surface area (Å²) in [6.45, 7) is 4.14. The van der Waals surface area contributed by atoms with Gasteiger partial charge in [-0.25, -0.2) is 4.79 Å². The third-order valence-corrected chi connectivity index (χ3v) is 2.92. The van der Waals surface area contributed by atoms with E-state index in [0.717, 1.165) is 31.2 Å². The Morgan fingerprint density at radius 3 is 1.87 bits per heavy atom. The van der Waals surface area contributed by atoms with Gasteiger partial charge in [-0.15, -0.1) is 0 Å². The van der Waals surface area contributed by atoms with Gasteiger partial charge >= 0.3 is 18.3 Å². The Morgan fingerprint density at radius 2 is 1.52 bits per heavy atom. The van der Waals surface area contributed by atoms with E-state index in [9.17, 15) is 36.2 Å². The van der Waals surface area contributed by atoms with Gasteiger partial charge in [0, 0.05) is 5.57 Å². The lowest BCUT2D eigenvalue weighted by atomic mass is 9.89. The van der Waals surface area contributed by atoms with Crippen LogP contribution in [-0.2, 0) is 9.53 Å². The maximum absolute atomic E-state index is 13.0. The molecule has 0 heterocycles. The topological polar surface area (TPSA) is 46.5 Å². The summed E-state index contributed by atoms with van der Waals surface area (Å²) < 4.78 is 82.3. The molecule has 1 rings (SSSR count). The summed E-state index contributed by atoms with van der Waals surface area (Å²) in [5.41, 5.74) is -6.36. The molecule has 0 saturated carbocycles. The first kappa shape index (κ1) is 19.0. The van der Waals surface area contributed by atoms with Crippen LogP contribution in [-0.4, -0.2) is 29.0 Å². The molecule has 0 spiro atoms. The lowest BCUT2D eigenvalue weighted by Crippen LogP contribution is -2.61. The number of halogens is 6. The Bertz CT molecular complexity index is 562. The van der Waals surface area contributed by atoms with Crippen molar-refractivity contribution in [1.82, 2.24) is 0 Å². The maximum Gasteiger partial charge on any atom is 0.430 e. The molecule has 1 N–H and O–H groups in total. The summed E-state index contributed by atoms with van der Waals surface area (Å²) in [6.07, 6.45) is -15.3. The van der Waals surface area contributed by atoms with Gasteiger partial charge in [-0.3, -0.25) is 0 Å². The number of ether oxygens (including phenoxy) is 1. The molecule has 0 bridgehead atoms. The van der Waals surface area contributed by atoms with Gasteiger partial charge in [-0.1, -0.05) is 36.9 Å². The molecule has 3 nitrogen and oxygen atoms in total. The summed E-state index contributed by atoms with van der Waals surface area (Å²) in [5, 5.41) is 9.47. The van der Waals surface area contributed by atoms with E-state index in [0.29, 0.717) is 0 Å². The molecule has 0 amide bonds. The molecule has 0 fully saturated rings. The zero-order valence-corrected chi connectivity index (χ0v) is 11.7. The number of aliphatic hydroxyl groups is 1. The summed E-state index contributed by atoms with van der Waals surface area (Å²) in [6, 6.07) is 5.37. The van der Waals surface area contributed by atoms with Crippen molar-refractivity contribution in [1.29, 1.82) is 0 Å². The number of alkyl halides is 6. The summed E-state index contributed by atoms with van der Waals surface area (Å²) in [7, 11) is 0. The summed E-state index contributed by atoms with van der Waals surface area (Å²) in [5.74, 6) is -1.49. The number of hydrogen-bond acceptors (Lipinski definition) is 3. The van der Waals surface area contributed by atoms with E-state index in [4.69, 9.17) is 0 Å². The third kappa shape index (κ3) is 3.66. The minimum absolute atomic E-state index is 0.419. The SMILES string of the molecule is C=C(C)C(=O)OC(c1ccccc1)C(O)(C(F)(F)F)C(F)(F)F. The van der Waals surface area contributed by atoms with E-state index in [1.807, 2.05) is 0 Å². The average molecular weight is 342 g/mol. The first-order chi connectivity index (χ1) is 10.3. The van der Waals surface area contributed by atoms with Crippen molar-refractivity contribution >= 4 is 5.97 Å². The highest BCUT2D eigenvalue weighted by molar-refractivity contribution is 5.87. The van der Waals surface area contributed by atoms with Gasteiger partial charge in [0.1, 0.15) is 0 Å². The van der Waals surface area contributed by atoms with Crippen LogP contribution in [0.25, 0.3) is 0 Å². The molecule has 0 radical (unpaired) electrons. The number of hydrogen-bond donors (Lipinski definition) is 1. The van der Waals surface area contributed by atoms with Crippen LogP contribution in [0.15, 0.2) is 42.5 Å². The zero-order chi connectivity index (χ0) is 18.1. The first-order valence-corrected chi connectivity index (χ1v) is 6.09. The predicted octanol–water partition coefficient (Wildman–Crippen LogP) is 3.70. The molecule has 0 aliphatic carbocycles. The monoisotopic (exact) mass is 342 g/mol. The number of rotatable bonds is 4. The fourth-order valence-electron chi connectivity index (χ4n) is 1.69. The van der Waals surface area contributed by atoms with Crippen molar-refractivity contribution in [3.8, 4) is 0 Å². The lowest BCUT2D eigenvalue weighted by Gasteiger charge is -2.38. The summed E-state index contributed by atoms with van der Waals surface area (Å²) >= 11 is 0. The molecule has 0 aromatic heterocycles. The number of esters is 1. The van der Waals surface area contributed by atoms with Gasteiger partial charge in [-0.2, -0.15) is 26.3 Å². The third-order valence-electron chi connectivity index (χ3n) is 2.92. The minimum Gasteiger partial charge on any atom is -0.450 e. The van der Waals surface area contributed by atoms with E-state index in [1.165, 1.54) is 6.07 Å². The second-order valence-electron chi connectivity index (χ2n) is 4.74. The van der Waals surface area contributed by atoms with Crippen molar-refractivity contribution in [2.24, 2.45) is 0 Å². The van der Waals surface area contributed by atoms with Gasteiger partial charge in [0.05, 0.1) is 0 Å². The quantitative estimate of drug-likeness (QED) is 0.516. The van der Waals surface area contributed by atoms with Crippen LogP contribution in [0.4, 0.5) is 26.3 Å². The molecular weight excluding hydrogens is 330 g/mol. The van der Waals surface area contributed by atoms with Crippen LogP contribution in [0.5, 0.6) is 0 Å². The Balaban J connectivity index is 3.53. The molecule has 0 saturated heterocycles. The zero-order valence-electron chi connectivity index (χ0n) is 11.7. The largest absolute Gasteiger partial charge is 0.450 e. The van der Waals surface area contributed by atoms with Gasteiger partial charge in [0.25, 0.3) is 5.60 Å². The Morgan fingerprint density at radius 1 is 1.09 bits per heavy atom. The van der Waals surface area contributed by atoms with E-state index < -0.39 is 41.2 Å². The molecule has 1 atom stereocenters. The standard InChI is InChI=1S/C14H12F6O3/c1-8(2)11(21)23-10(9-6-4-3-5-7-9)12(22,13(15,16)17)14(18,19)20/h3-7,10,22H,1H2,2H3. The van der Waals surface area contributed by atoms with Crippen LogP contribution in [0.1, 0.15) is 18.6 Å². The molecule has 23 heavy (non-hydrogen) atoms. The van der Waals surface area contributed by atoms with Crippen molar-refractivity contribution in [2.45, 2.75) is 31.0 Å².